The molecule has 1 aromatic rings. The number of carbonyl (C=O) groups excluding carboxylic acids is 2. The summed E-state index contributed by atoms with van der Waals surface area (Å²) in [5, 5.41) is 6.30. The molecule has 1 aliphatic carbocycles. The first-order chi connectivity index (χ1) is 16.1. The monoisotopic (exact) mass is 455 g/mol. The standard InChI is InChI=1S/C26H41N5O2/c1-21-7-5-6-8-22(21)19-30-15-17-31(18-16-30)25(32)20-29-13-11-24(12-14-29)28-26(33)27-23-9-3-2-4-10-23/h5-8,23-24H,2-4,9-20H2,1H3,(H2,27,28,33). The van der Waals surface area contributed by atoms with Crippen molar-refractivity contribution >= 4 is 11.9 Å². The molecule has 1 aromatic carbocycles. The molecule has 3 fully saturated rings. The molecule has 0 radical (unpaired) electrons. The number of hydrogen-bond donors (Lipinski definition) is 2. The number of rotatable bonds is 6. The second kappa shape index (κ2) is 11.8. The normalized spacial score (nSPS) is 21.7. The number of piperidine rings is 1. The van der Waals surface area contributed by atoms with Crippen LogP contribution in [0.3, 0.4) is 0 Å². The van der Waals surface area contributed by atoms with Crippen molar-refractivity contribution in [2.45, 2.75) is 70.5 Å². The van der Waals surface area contributed by atoms with Gasteiger partial charge in [0.1, 0.15) is 0 Å². The number of aryl methyl sites for hydroxylation is 1. The number of likely N-dealkylation sites (tertiary alicyclic amines) is 1. The van der Waals surface area contributed by atoms with E-state index in [0.717, 1.165) is 71.5 Å². The third kappa shape index (κ3) is 7.18. The van der Waals surface area contributed by atoms with Crippen LogP contribution in [0.1, 0.15) is 56.1 Å². The summed E-state index contributed by atoms with van der Waals surface area (Å²) in [6.45, 7) is 8.85. The molecule has 182 valence electrons. The molecule has 0 atom stereocenters. The smallest absolute Gasteiger partial charge is 0.315 e. The van der Waals surface area contributed by atoms with Gasteiger partial charge < -0.3 is 15.5 Å². The summed E-state index contributed by atoms with van der Waals surface area (Å²) in [6, 6.07) is 9.09. The lowest BCUT2D eigenvalue weighted by molar-refractivity contribution is -0.134. The van der Waals surface area contributed by atoms with Gasteiger partial charge in [0.05, 0.1) is 6.54 Å². The number of urea groups is 1. The largest absolute Gasteiger partial charge is 0.339 e. The Balaban J connectivity index is 1.12. The van der Waals surface area contributed by atoms with Gasteiger partial charge in [0, 0.05) is 57.9 Å². The van der Waals surface area contributed by atoms with Crippen LogP contribution in [0.4, 0.5) is 4.79 Å². The Hall–Kier alpha value is -2.12. The number of benzene rings is 1. The fourth-order valence-corrected chi connectivity index (χ4v) is 5.37. The molecule has 7 heteroatoms. The van der Waals surface area contributed by atoms with Crippen LogP contribution in [0.2, 0.25) is 0 Å². The third-order valence-corrected chi connectivity index (χ3v) is 7.60. The minimum atomic E-state index is -0.0139. The first kappa shape index (κ1) is 24.0. The van der Waals surface area contributed by atoms with E-state index < -0.39 is 0 Å². The average Bonchev–Trinajstić information content (AvgIpc) is 2.83. The fourth-order valence-electron chi connectivity index (χ4n) is 5.37. The number of piperazine rings is 1. The number of hydrogen-bond acceptors (Lipinski definition) is 4. The van der Waals surface area contributed by atoms with Crippen molar-refractivity contribution in [2.24, 2.45) is 0 Å². The molecule has 3 amide bonds. The fraction of sp³-hybridized carbons (Fsp3) is 0.692. The quantitative estimate of drug-likeness (QED) is 0.692. The minimum Gasteiger partial charge on any atom is -0.339 e. The van der Waals surface area contributed by atoms with Gasteiger partial charge >= 0.3 is 6.03 Å². The van der Waals surface area contributed by atoms with Gasteiger partial charge in [0.25, 0.3) is 0 Å². The Morgan fingerprint density at radius 3 is 2.12 bits per heavy atom. The highest BCUT2D eigenvalue weighted by Crippen LogP contribution is 2.18. The first-order valence-electron chi connectivity index (χ1n) is 12.9. The van der Waals surface area contributed by atoms with E-state index in [1.807, 2.05) is 4.90 Å². The second-order valence-electron chi connectivity index (χ2n) is 10.1. The molecule has 0 bridgehead atoms. The molecule has 0 spiro atoms. The van der Waals surface area contributed by atoms with Crippen molar-refractivity contribution in [1.29, 1.82) is 0 Å². The predicted molar refractivity (Wildman–Crippen MR) is 131 cm³/mol. The highest BCUT2D eigenvalue weighted by atomic mass is 16.2. The van der Waals surface area contributed by atoms with Crippen LogP contribution in [0.25, 0.3) is 0 Å². The molecule has 4 rings (SSSR count). The number of amides is 3. The van der Waals surface area contributed by atoms with Gasteiger partial charge in [-0.05, 0) is 43.7 Å². The molecule has 0 unspecified atom stereocenters. The van der Waals surface area contributed by atoms with Crippen molar-refractivity contribution in [2.75, 3.05) is 45.8 Å². The van der Waals surface area contributed by atoms with Gasteiger partial charge in [-0.15, -0.1) is 0 Å². The molecule has 2 aliphatic heterocycles. The maximum Gasteiger partial charge on any atom is 0.315 e. The summed E-state index contributed by atoms with van der Waals surface area (Å²) >= 11 is 0. The topological polar surface area (TPSA) is 67.9 Å². The van der Waals surface area contributed by atoms with E-state index in [4.69, 9.17) is 0 Å². The molecule has 2 N–H and O–H groups in total. The Kier molecular flexibility index (Phi) is 8.62. The zero-order valence-corrected chi connectivity index (χ0v) is 20.2. The van der Waals surface area contributed by atoms with E-state index in [0.29, 0.717) is 12.6 Å². The van der Waals surface area contributed by atoms with E-state index in [9.17, 15) is 9.59 Å². The number of nitrogens with zero attached hydrogens (tertiary/aromatic N) is 3. The summed E-state index contributed by atoms with van der Waals surface area (Å²) in [4.78, 5) is 31.9. The average molecular weight is 456 g/mol. The van der Waals surface area contributed by atoms with E-state index in [-0.39, 0.29) is 18.0 Å². The summed E-state index contributed by atoms with van der Waals surface area (Å²) in [5.41, 5.74) is 2.71. The van der Waals surface area contributed by atoms with Crippen molar-refractivity contribution < 1.29 is 9.59 Å². The molecule has 33 heavy (non-hydrogen) atoms. The first-order valence-corrected chi connectivity index (χ1v) is 12.9. The zero-order valence-electron chi connectivity index (χ0n) is 20.2. The van der Waals surface area contributed by atoms with Crippen molar-refractivity contribution in [3.05, 3.63) is 35.4 Å². The third-order valence-electron chi connectivity index (χ3n) is 7.60. The molecule has 2 heterocycles. The van der Waals surface area contributed by atoms with Crippen LogP contribution < -0.4 is 10.6 Å². The van der Waals surface area contributed by atoms with Gasteiger partial charge in [0.15, 0.2) is 0 Å². The summed E-state index contributed by atoms with van der Waals surface area (Å²) < 4.78 is 0. The lowest BCUT2D eigenvalue weighted by Gasteiger charge is -2.37. The van der Waals surface area contributed by atoms with Crippen LogP contribution in [-0.2, 0) is 11.3 Å². The van der Waals surface area contributed by atoms with Gasteiger partial charge in [-0.3, -0.25) is 14.6 Å². The minimum absolute atomic E-state index is 0.0139. The van der Waals surface area contributed by atoms with Crippen LogP contribution in [-0.4, -0.2) is 84.5 Å². The summed E-state index contributed by atoms with van der Waals surface area (Å²) in [5.74, 6) is 0.243. The van der Waals surface area contributed by atoms with Gasteiger partial charge in [-0.25, -0.2) is 4.79 Å². The maximum atomic E-state index is 12.9. The van der Waals surface area contributed by atoms with E-state index >= 15 is 0 Å². The molecular weight excluding hydrogens is 414 g/mol. The Labute approximate surface area is 198 Å². The van der Waals surface area contributed by atoms with Crippen LogP contribution in [0.5, 0.6) is 0 Å². The number of nitrogens with one attached hydrogen (secondary N) is 2. The highest BCUT2D eigenvalue weighted by Gasteiger charge is 2.26. The van der Waals surface area contributed by atoms with Crippen molar-refractivity contribution in [3.8, 4) is 0 Å². The Morgan fingerprint density at radius 1 is 0.818 bits per heavy atom. The van der Waals surface area contributed by atoms with Crippen LogP contribution in [0, 0.1) is 6.92 Å². The summed E-state index contributed by atoms with van der Waals surface area (Å²) in [7, 11) is 0. The van der Waals surface area contributed by atoms with Crippen LogP contribution >= 0.6 is 0 Å². The lowest BCUT2D eigenvalue weighted by atomic mass is 9.96. The molecule has 3 aliphatic rings. The molecule has 7 nitrogen and oxygen atoms in total. The zero-order chi connectivity index (χ0) is 23.0. The van der Waals surface area contributed by atoms with Crippen LogP contribution in [0.15, 0.2) is 24.3 Å². The Bertz CT molecular complexity index is 779. The lowest BCUT2D eigenvalue weighted by Crippen LogP contribution is -2.53. The molecule has 1 saturated carbocycles. The van der Waals surface area contributed by atoms with Gasteiger partial charge in [0.2, 0.25) is 5.91 Å². The van der Waals surface area contributed by atoms with E-state index in [2.05, 4.69) is 51.6 Å². The Morgan fingerprint density at radius 2 is 1.45 bits per heavy atom. The predicted octanol–water partition coefficient (Wildman–Crippen LogP) is 2.74. The van der Waals surface area contributed by atoms with Crippen molar-refractivity contribution in [1.82, 2.24) is 25.3 Å². The summed E-state index contributed by atoms with van der Waals surface area (Å²) in [6.07, 6.45) is 7.77. The molecule has 2 saturated heterocycles. The highest BCUT2D eigenvalue weighted by molar-refractivity contribution is 5.78. The van der Waals surface area contributed by atoms with Crippen molar-refractivity contribution in [3.63, 3.8) is 0 Å². The number of carbonyl (C=O) groups is 2. The molecular formula is C26H41N5O2. The van der Waals surface area contributed by atoms with E-state index in [1.54, 1.807) is 0 Å². The van der Waals surface area contributed by atoms with Gasteiger partial charge in [-0.2, -0.15) is 0 Å². The second-order valence-corrected chi connectivity index (χ2v) is 10.1. The van der Waals surface area contributed by atoms with E-state index in [1.165, 1.54) is 30.4 Å². The maximum absolute atomic E-state index is 12.9. The molecule has 0 aromatic heterocycles. The SMILES string of the molecule is Cc1ccccc1CN1CCN(C(=O)CN2CCC(NC(=O)NC3CCCCC3)CC2)CC1. The van der Waals surface area contributed by atoms with Gasteiger partial charge in [-0.1, -0.05) is 43.5 Å².